The summed E-state index contributed by atoms with van der Waals surface area (Å²) in [5.74, 6) is 0. The molecule has 0 aromatic heterocycles. The van der Waals surface area contributed by atoms with Gasteiger partial charge in [0.1, 0.15) is 0 Å². The van der Waals surface area contributed by atoms with Crippen LogP contribution >= 0.6 is 0 Å². The number of hydrogen-bond acceptors (Lipinski definition) is 3. The molecule has 1 saturated carbocycles. The summed E-state index contributed by atoms with van der Waals surface area (Å²) in [6.07, 6.45) is 9.33. The Balaban J connectivity index is 1.92. The summed E-state index contributed by atoms with van der Waals surface area (Å²) in [6.45, 7) is 6.23. The molecule has 1 aliphatic heterocycles. The van der Waals surface area contributed by atoms with Gasteiger partial charge in [-0.15, -0.1) is 0 Å². The van der Waals surface area contributed by atoms with Gasteiger partial charge in [-0.25, -0.2) is 0 Å². The highest BCUT2D eigenvalue weighted by Crippen LogP contribution is 2.35. The normalized spacial score (nSPS) is 30.8. The average Bonchev–Trinajstić information content (AvgIpc) is 2.69. The zero-order valence-electron chi connectivity index (χ0n) is 12.4. The Kier molecular flexibility index (Phi) is 4.35. The molecule has 2 aliphatic rings. The lowest BCUT2D eigenvalue weighted by atomic mass is 9.80. The third-order valence-electron chi connectivity index (χ3n) is 5.01. The van der Waals surface area contributed by atoms with Crippen LogP contribution in [0.25, 0.3) is 0 Å². The second-order valence-corrected chi connectivity index (χ2v) is 6.91. The summed E-state index contributed by atoms with van der Waals surface area (Å²) in [7, 11) is 2.24. The Morgan fingerprint density at radius 2 is 1.83 bits per heavy atom. The molecule has 0 amide bonds. The first kappa shape index (κ1) is 14.3. The molecule has 1 atom stereocenters. The molecule has 0 aromatic rings. The predicted molar refractivity (Wildman–Crippen MR) is 75.7 cm³/mol. The topological polar surface area (TPSA) is 38.5 Å². The summed E-state index contributed by atoms with van der Waals surface area (Å²) in [4.78, 5) is 2.50. The summed E-state index contributed by atoms with van der Waals surface area (Å²) in [5, 5.41) is 0. The maximum atomic E-state index is 6.12. The van der Waals surface area contributed by atoms with E-state index >= 15 is 0 Å². The van der Waals surface area contributed by atoms with Crippen LogP contribution in [0.5, 0.6) is 0 Å². The number of nitrogens with two attached hydrogens (primary N) is 1. The lowest BCUT2D eigenvalue weighted by Crippen LogP contribution is -2.55. The van der Waals surface area contributed by atoms with Crippen LogP contribution in [-0.2, 0) is 4.74 Å². The van der Waals surface area contributed by atoms with Crippen LogP contribution in [0, 0.1) is 0 Å². The van der Waals surface area contributed by atoms with Crippen molar-refractivity contribution in [2.45, 2.75) is 76.0 Å². The maximum Gasteiger partial charge on any atom is 0.0710 e. The Labute approximate surface area is 112 Å². The second kappa shape index (κ2) is 5.48. The summed E-state index contributed by atoms with van der Waals surface area (Å²) in [5.41, 5.74) is 6.41. The molecule has 2 fully saturated rings. The highest BCUT2D eigenvalue weighted by Gasteiger charge is 2.38. The van der Waals surface area contributed by atoms with Crippen LogP contribution in [0.3, 0.4) is 0 Å². The van der Waals surface area contributed by atoms with Gasteiger partial charge in [0.2, 0.25) is 0 Å². The minimum Gasteiger partial charge on any atom is -0.371 e. The molecule has 1 heterocycles. The monoisotopic (exact) mass is 254 g/mol. The maximum absolute atomic E-state index is 6.12. The Morgan fingerprint density at radius 3 is 2.33 bits per heavy atom. The fourth-order valence-electron chi connectivity index (χ4n) is 3.66. The number of ether oxygens (including phenoxy) is 1. The van der Waals surface area contributed by atoms with E-state index in [0.717, 1.165) is 13.1 Å². The zero-order chi connectivity index (χ0) is 13.2. The van der Waals surface area contributed by atoms with Crippen molar-refractivity contribution in [1.29, 1.82) is 0 Å². The third kappa shape index (κ3) is 3.06. The first-order chi connectivity index (χ1) is 8.47. The van der Waals surface area contributed by atoms with Gasteiger partial charge in [0.05, 0.1) is 11.7 Å². The molecule has 106 valence electrons. The van der Waals surface area contributed by atoms with Gasteiger partial charge in [-0.2, -0.15) is 0 Å². The molecule has 18 heavy (non-hydrogen) atoms. The largest absolute Gasteiger partial charge is 0.371 e. The van der Waals surface area contributed by atoms with E-state index in [2.05, 4.69) is 25.8 Å². The molecule has 0 spiro atoms. The van der Waals surface area contributed by atoms with E-state index < -0.39 is 0 Å². The molecule has 0 radical (unpaired) electrons. The van der Waals surface area contributed by atoms with Crippen molar-refractivity contribution in [1.82, 2.24) is 4.90 Å². The Morgan fingerprint density at radius 1 is 1.17 bits per heavy atom. The molecule has 0 bridgehead atoms. The number of likely N-dealkylation sites (N-methyl/N-ethyl adjacent to an activating group) is 1. The van der Waals surface area contributed by atoms with Gasteiger partial charge >= 0.3 is 0 Å². The Hall–Kier alpha value is -0.120. The van der Waals surface area contributed by atoms with Crippen molar-refractivity contribution < 1.29 is 4.74 Å². The lowest BCUT2D eigenvalue weighted by Gasteiger charge is -2.45. The van der Waals surface area contributed by atoms with Crippen molar-refractivity contribution in [3.63, 3.8) is 0 Å². The summed E-state index contributed by atoms with van der Waals surface area (Å²) < 4.78 is 6.12. The van der Waals surface area contributed by atoms with Crippen LogP contribution in [0.15, 0.2) is 0 Å². The minimum atomic E-state index is 0.0773. The van der Waals surface area contributed by atoms with Crippen molar-refractivity contribution in [3.05, 3.63) is 0 Å². The van der Waals surface area contributed by atoms with Crippen molar-refractivity contribution in [2.75, 3.05) is 20.1 Å². The van der Waals surface area contributed by atoms with E-state index in [1.54, 1.807) is 0 Å². The van der Waals surface area contributed by atoms with Crippen LogP contribution < -0.4 is 5.73 Å². The highest BCUT2D eigenvalue weighted by atomic mass is 16.5. The van der Waals surface area contributed by atoms with E-state index in [1.807, 2.05) is 0 Å². The van der Waals surface area contributed by atoms with Gasteiger partial charge in [0, 0.05) is 18.6 Å². The number of hydrogen-bond donors (Lipinski definition) is 1. The van der Waals surface area contributed by atoms with Gasteiger partial charge in [-0.1, -0.05) is 19.3 Å². The van der Waals surface area contributed by atoms with Gasteiger partial charge < -0.3 is 10.5 Å². The standard InChI is InChI=1S/C15H30N2O/c1-14(2)10-7-13(18-14)11-17(3)15(12-16)8-5-4-6-9-15/h13H,4-12,16H2,1-3H3. The first-order valence-corrected chi connectivity index (χ1v) is 7.57. The molecule has 3 nitrogen and oxygen atoms in total. The first-order valence-electron chi connectivity index (χ1n) is 7.57. The molecule has 2 rings (SSSR count). The predicted octanol–water partition coefficient (Wildman–Crippen LogP) is 2.54. The van der Waals surface area contributed by atoms with Gasteiger partial charge in [-0.3, -0.25) is 4.90 Å². The van der Waals surface area contributed by atoms with Gasteiger partial charge in [-0.05, 0) is 46.6 Å². The fraction of sp³-hybridized carbons (Fsp3) is 1.00. The lowest BCUT2D eigenvalue weighted by molar-refractivity contribution is -0.0438. The van der Waals surface area contributed by atoms with Gasteiger partial charge in [0.15, 0.2) is 0 Å². The molecular weight excluding hydrogens is 224 g/mol. The van der Waals surface area contributed by atoms with Crippen molar-refractivity contribution in [3.8, 4) is 0 Å². The van der Waals surface area contributed by atoms with Crippen LogP contribution in [0.4, 0.5) is 0 Å². The second-order valence-electron chi connectivity index (χ2n) is 6.91. The molecule has 1 saturated heterocycles. The van der Waals surface area contributed by atoms with Crippen LogP contribution in [0.2, 0.25) is 0 Å². The van der Waals surface area contributed by atoms with Crippen molar-refractivity contribution >= 4 is 0 Å². The summed E-state index contributed by atoms with van der Waals surface area (Å²) >= 11 is 0. The van der Waals surface area contributed by atoms with E-state index in [1.165, 1.54) is 44.9 Å². The fourth-order valence-corrected chi connectivity index (χ4v) is 3.66. The van der Waals surface area contributed by atoms with Crippen LogP contribution in [0.1, 0.15) is 58.8 Å². The SMILES string of the molecule is CN(CC1CCC(C)(C)O1)C1(CN)CCCCC1. The van der Waals surface area contributed by atoms with E-state index in [9.17, 15) is 0 Å². The number of rotatable bonds is 4. The zero-order valence-corrected chi connectivity index (χ0v) is 12.4. The molecule has 1 aliphatic carbocycles. The average molecular weight is 254 g/mol. The smallest absolute Gasteiger partial charge is 0.0710 e. The van der Waals surface area contributed by atoms with Gasteiger partial charge in [0.25, 0.3) is 0 Å². The third-order valence-corrected chi connectivity index (χ3v) is 5.01. The molecule has 0 aromatic carbocycles. The quantitative estimate of drug-likeness (QED) is 0.838. The number of nitrogens with zero attached hydrogens (tertiary/aromatic N) is 1. The summed E-state index contributed by atoms with van der Waals surface area (Å²) in [6, 6.07) is 0. The van der Waals surface area contributed by atoms with E-state index in [0.29, 0.717) is 6.10 Å². The van der Waals surface area contributed by atoms with Crippen LogP contribution in [-0.4, -0.2) is 42.3 Å². The van der Waals surface area contributed by atoms with E-state index in [4.69, 9.17) is 10.5 Å². The molecule has 3 heteroatoms. The molecule has 1 unspecified atom stereocenters. The van der Waals surface area contributed by atoms with E-state index in [-0.39, 0.29) is 11.1 Å². The Bertz CT molecular complexity index is 272. The highest BCUT2D eigenvalue weighted by molar-refractivity contribution is 4.94. The molecule has 2 N–H and O–H groups in total. The van der Waals surface area contributed by atoms with Crippen molar-refractivity contribution in [2.24, 2.45) is 5.73 Å². The minimum absolute atomic E-state index is 0.0773. The molecular formula is C15H30N2O.